The van der Waals surface area contributed by atoms with Gasteiger partial charge in [-0.15, -0.1) is 11.3 Å². The minimum atomic E-state index is -0.173. The molecule has 0 aliphatic carbocycles. The van der Waals surface area contributed by atoms with Crippen LogP contribution in [0.25, 0.3) is 0 Å². The molecular weight excluding hydrogens is 270 g/mol. The van der Waals surface area contributed by atoms with Crippen LogP contribution >= 0.6 is 11.3 Å². The maximum atomic E-state index is 11.2. The van der Waals surface area contributed by atoms with Crippen LogP contribution in [-0.4, -0.2) is 19.1 Å². The molecule has 1 rings (SSSR count). The molecule has 1 atom stereocenters. The lowest BCUT2D eigenvalue weighted by atomic mass is 10.0. The van der Waals surface area contributed by atoms with Crippen molar-refractivity contribution in [2.24, 2.45) is 5.92 Å². The molecule has 0 radical (unpaired) electrons. The van der Waals surface area contributed by atoms with Crippen molar-refractivity contribution in [3.63, 3.8) is 0 Å². The summed E-state index contributed by atoms with van der Waals surface area (Å²) in [7, 11) is 1.43. The Hall–Kier alpha value is -0.870. The van der Waals surface area contributed by atoms with Crippen molar-refractivity contribution in [3.8, 4) is 0 Å². The summed E-state index contributed by atoms with van der Waals surface area (Å²) in [5.74, 6) is 0.619. The predicted molar refractivity (Wildman–Crippen MR) is 85.0 cm³/mol. The van der Waals surface area contributed by atoms with E-state index in [9.17, 15) is 4.79 Å². The number of esters is 1. The summed E-state index contributed by atoms with van der Waals surface area (Å²) < 4.78 is 4.68. The Labute approximate surface area is 126 Å². The Bertz CT molecular complexity index is 401. The normalized spacial score (nSPS) is 12.7. The predicted octanol–water partition coefficient (Wildman–Crippen LogP) is 3.77. The molecule has 1 aromatic heterocycles. The molecule has 0 aliphatic rings. The average molecular weight is 297 g/mol. The first kappa shape index (κ1) is 17.2. The van der Waals surface area contributed by atoms with Gasteiger partial charge in [-0.2, -0.15) is 0 Å². The molecule has 0 saturated carbocycles. The standard InChI is InChI=1S/C16H27NO2S/c1-12(2)6-5-7-13(3)17-11-15-9-8-14(20-15)10-16(18)19-4/h8-9,12-13,17H,5-7,10-11H2,1-4H3. The number of nitrogens with one attached hydrogen (secondary N) is 1. The van der Waals surface area contributed by atoms with Crippen LogP contribution in [0.3, 0.4) is 0 Å². The molecule has 4 heteroatoms. The third-order valence-corrected chi connectivity index (χ3v) is 4.39. The summed E-state index contributed by atoms with van der Waals surface area (Å²) in [5, 5.41) is 3.55. The third-order valence-electron chi connectivity index (χ3n) is 3.31. The number of methoxy groups -OCH3 is 1. The van der Waals surface area contributed by atoms with E-state index in [2.05, 4.69) is 36.9 Å². The van der Waals surface area contributed by atoms with Crippen molar-refractivity contribution < 1.29 is 9.53 Å². The number of ether oxygens (including phenoxy) is 1. The van der Waals surface area contributed by atoms with Gasteiger partial charge in [0.2, 0.25) is 0 Å². The Balaban J connectivity index is 2.26. The summed E-state index contributed by atoms with van der Waals surface area (Å²) in [6.45, 7) is 7.66. The van der Waals surface area contributed by atoms with E-state index in [1.165, 1.54) is 31.2 Å². The van der Waals surface area contributed by atoms with Crippen LogP contribution in [0, 0.1) is 5.92 Å². The molecule has 3 nitrogen and oxygen atoms in total. The van der Waals surface area contributed by atoms with Crippen LogP contribution in [0.1, 0.15) is 49.8 Å². The second kappa shape index (κ2) is 9.14. The summed E-state index contributed by atoms with van der Waals surface area (Å²) in [4.78, 5) is 13.5. The van der Waals surface area contributed by atoms with Gasteiger partial charge in [-0.25, -0.2) is 0 Å². The van der Waals surface area contributed by atoms with Gasteiger partial charge < -0.3 is 10.1 Å². The van der Waals surface area contributed by atoms with Crippen LogP contribution in [0.2, 0.25) is 0 Å². The van der Waals surface area contributed by atoms with E-state index in [-0.39, 0.29) is 5.97 Å². The molecular formula is C16H27NO2S. The van der Waals surface area contributed by atoms with Crippen LogP contribution < -0.4 is 5.32 Å². The van der Waals surface area contributed by atoms with Gasteiger partial charge in [-0.3, -0.25) is 4.79 Å². The van der Waals surface area contributed by atoms with E-state index < -0.39 is 0 Å². The maximum Gasteiger partial charge on any atom is 0.310 e. The van der Waals surface area contributed by atoms with E-state index in [1.54, 1.807) is 11.3 Å². The van der Waals surface area contributed by atoms with Crippen molar-refractivity contribution in [2.75, 3.05) is 7.11 Å². The zero-order valence-electron chi connectivity index (χ0n) is 13.1. The van der Waals surface area contributed by atoms with E-state index in [1.807, 2.05) is 6.07 Å². The zero-order valence-corrected chi connectivity index (χ0v) is 13.9. The highest BCUT2D eigenvalue weighted by molar-refractivity contribution is 7.12. The summed E-state index contributed by atoms with van der Waals surface area (Å²) >= 11 is 1.68. The smallest absolute Gasteiger partial charge is 0.310 e. The van der Waals surface area contributed by atoms with Gasteiger partial charge >= 0.3 is 5.97 Å². The Morgan fingerprint density at radius 3 is 2.60 bits per heavy atom. The fourth-order valence-electron chi connectivity index (χ4n) is 2.04. The van der Waals surface area contributed by atoms with E-state index in [0.29, 0.717) is 12.5 Å². The Kier molecular flexibility index (Phi) is 7.85. The zero-order chi connectivity index (χ0) is 15.0. The van der Waals surface area contributed by atoms with Gasteiger partial charge in [0.1, 0.15) is 0 Å². The molecule has 0 saturated heterocycles. The SMILES string of the molecule is COC(=O)Cc1ccc(CNC(C)CCCC(C)C)s1. The number of thiophene rings is 1. The lowest BCUT2D eigenvalue weighted by Gasteiger charge is -2.13. The third kappa shape index (κ3) is 7.06. The number of rotatable bonds is 9. The lowest BCUT2D eigenvalue weighted by Crippen LogP contribution is -2.24. The number of hydrogen-bond acceptors (Lipinski definition) is 4. The molecule has 0 spiro atoms. The van der Waals surface area contributed by atoms with E-state index in [4.69, 9.17) is 0 Å². The van der Waals surface area contributed by atoms with Gasteiger partial charge in [0.05, 0.1) is 13.5 Å². The minimum absolute atomic E-state index is 0.173. The quantitative estimate of drug-likeness (QED) is 0.705. The van der Waals surface area contributed by atoms with Crippen LogP contribution in [0.15, 0.2) is 12.1 Å². The number of hydrogen-bond donors (Lipinski definition) is 1. The van der Waals surface area contributed by atoms with Gasteiger partial charge in [-0.05, 0) is 31.4 Å². The Morgan fingerprint density at radius 2 is 1.95 bits per heavy atom. The number of carbonyl (C=O) groups excluding carboxylic acids is 1. The molecule has 0 fully saturated rings. The molecule has 1 unspecified atom stereocenters. The molecule has 20 heavy (non-hydrogen) atoms. The molecule has 0 aliphatic heterocycles. The molecule has 114 valence electrons. The van der Waals surface area contributed by atoms with Crippen LogP contribution in [0.5, 0.6) is 0 Å². The van der Waals surface area contributed by atoms with Crippen LogP contribution in [-0.2, 0) is 22.5 Å². The van der Waals surface area contributed by atoms with Crippen molar-refractivity contribution in [2.45, 2.75) is 59.0 Å². The van der Waals surface area contributed by atoms with Gasteiger partial charge in [0.15, 0.2) is 0 Å². The molecule has 1 heterocycles. The highest BCUT2D eigenvalue weighted by Crippen LogP contribution is 2.18. The molecule has 0 bridgehead atoms. The minimum Gasteiger partial charge on any atom is -0.469 e. The van der Waals surface area contributed by atoms with Crippen LogP contribution in [0.4, 0.5) is 0 Å². The Morgan fingerprint density at radius 1 is 1.25 bits per heavy atom. The first-order chi connectivity index (χ1) is 9.51. The monoisotopic (exact) mass is 297 g/mol. The largest absolute Gasteiger partial charge is 0.469 e. The first-order valence-electron chi connectivity index (χ1n) is 7.39. The van der Waals surface area contributed by atoms with E-state index in [0.717, 1.165) is 17.3 Å². The summed E-state index contributed by atoms with van der Waals surface area (Å²) in [6, 6.07) is 4.65. The molecule has 1 aromatic rings. The van der Waals surface area contributed by atoms with Crippen molar-refractivity contribution >= 4 is 17.3 Å². The molecule has 0 aromatic carbocycles. The summed E-state index contributed by atoms with van der Waals surface area (Å²) in [6.07, 6.45) is 4.18. The van der Waals surface area contributed by atoms with E-state index >= 15 is 0 Å². The second-order valence-electron chi connectivity index (χ2n) is 5.73. The second-order valence-corrected chi connectivity index (χ2v) is 6.98. The topological polar surface area (TPSA) is 38.3 Å². The first-order valence-corrected chi connectivity index (χ1v) is 8.20. The fourth-order valence-corrected chi connectivity index (χ4v) is 2.99. The summed E-state index contributed by atoms with van der Waals surface area (Å²) in [5.41, 5.74) is 0. The van der Waals surface area contributed by atoms with Gasteiger partial charge in [-0.1, -0.05) is 26.7 Å². The van der Waals surface area contributed by atoms with Crippen molar-refractivity contribution in [1.29, 1.82) is 0 Å². The highest BCUT2D eigenvalue weighted by Gasteiger charge is 2.07. The van der Waals surface area contributed by atoms with Crippen molar-refractivity contribution in [3.05, 3.63) is 21.9 Å². The fraction of sp³-hybridized carbons (Fsp3) is 0.688. The van der Waals surface area contributed by atoms with Gasteiger partial charge in [0.25, 0.3) is 0 Å². The van der Waals surface area contributed by atoms with Crippen molar-refractivity contribution in [1.82, 2.24) is 5.32 Å². The number of carbonyl (C=O) groups is 1. The van der Waals surface area contributed by atoms with Gasteiger partial charge in [0, 0.05) is 22.3 Å². The average Bonchev–Trinajstić information content (AvgIpc) is 2.83. The molecule has 0 amide bonds. The molecule has 1 N–H and O–H groups in total. The lowest BCUT2D eigenvalue weighted by molar-refractivity contribution is -0.139. The highest BCUT2D eigenvalue weighted by atomic mass is 32.1. The maximum absolute atomic E-state index is 11.2.